The molecule has 3 aromatic rings. The van der Waals surface area contributed by atoms with E-state index in [1.807, 2.05) is 25.1 Å². The maximum atomic E-state index is 12.6. The minimum Gasteiger partial charge on any atom is -0.489 e. The average Bonchev–Trinajstić information content (AvgIpc) is 2.72. The smallest absolute Gasteiger partial charge is 0.261 e. The summed E-state index contributed by atoms with van der Waals surface area (Å²) < 4.78 is 7.34. The van der Waals surface area contributed by atoms with Crippen molar-refractivity contribution in [3.05, 3.63) is 65.0 Å². The first-order valence-electron chi connectivity index (χ1n) is 9.41. The van der Waals surface area contributed by atoms with E-state index in [0.29, 0.717) is 24.0 Å². The highest BCUT2D eigenvalue weighted by Crippen LogP contribution is 2.18. The zero-order valence-electron chi connectivity index (χ0n) is 15.7. The zero-order valence-corrected chi connectivity index (χ0v) is 15.7. The van der Waals surface area contributed by atoms with E-state index in [4.69, 9.17) is 4.74 Å². The molecule has 0 spiro atoms. The maximum absolute atomic E-state index is 12.6. The number of hydrogen-bond donors (Lipinski definition) is 0. The number of carbonyl (C=O) groups excluding carboxylic acids is 1. The molecule has 1 aliphatic heterocycles. The SMILES string of the molecule is Cc1ccc(OC2CCN(C(=O)Cn3cnc4ccccc4c3=O)CC2)cn1. The number of fused-ring (bicyclic) bond motifs is 1. The Balaban J connectivity index is 1.36. The van der Waals surface area contributed by atoms with Gasteiger partial charge in [-0.1, -0.05) is 12.1 Å². The summed E-state index contributed by atoms with van der Waals surface area (Å²) in [4.78, 5) is 35.5. The quantitative estimate of drug-likeness (QED) is 0.695. The Kier molecular flexibility index (Phi) is 5.06. The summed E-state index contributed by atoms with van der Waals surface area (Å²) in [6.07, 6.45) is 4.75. The molecule has 1 saturated heterocycles. The second-order valence-corrected chi connectivity index (χ2v) is 7.03. The van der Waals surface area contributed by atoms with Crippen LogP contribution in [-0.2, 0) is 11.3 Å². The van der Waals surface area contributed by atoms with E-state index in [-0.39, 0.29) is 24.1 Å². The van der Waals surface area contributed by atoms with Crippen LogP contribution in [-0.4, -0.2) is 44.5 Å². The minimum absolute atomic E-state index is 0.00404. The molecular weight excluding hydrogens is 356 g/mol. The van der Waals surface area contributed by atoms with Crippen LogP contribution in [0.2, 0.25) is 0 Å². The van der Waals surface area contributed by atoms with E-state index in [1.165, 1.54) is 10.9 Å². The van der Waals surface area contributed by atoms with Gasteiger partial charge in [-0.05, 0) is 31.2 Å². The molecule has 0 aliphatic carbocycles. The summed E-state index contributed by atoms with van der Waals surface area (Å²) in [5.41, 5.74) is 1.40. The largest absolute Gasteiger partial charge is 0.489 e. The molecule has 0 N–H and O–H groups in total. The van der Waals surface area contributed by atoms with Gasteiger partial charge in [-0.3, -0.25) is 19.1 Å². The van der Waals surface area contributed by atoms with Crippen LogP contribution in [0.5, 0.6) is 5.75 Å². The predicted octanol–water partition coefficient (Wildman–Crippen LogP) is 2.17. The van der Waals surface area contributed by atoms with Gasteiger partial charge in [0.1, 0.15) is 18.4 Å². The molecule has 1 amide bonds. The van der Waals surface area contributed by atoms with Crippen LogP contribution >= 0.6 is 0 Å². The van der Waals surface area contributed by atoms with E-state index >= 15 is 0 Å². The molecule has 2 aromatic heterocycles. The van der Waals surface area contributed by atoms with Crippen LogP contribution < -0.4 is 10.3 Å². The molecule has 7 heteroatoms. The van der Waals surface area contributed by atoms with Gasteiger partial charge in [0.05, 0.1) is 23.4 Å². The number of likely N-dealkylation sites (tertiary alicyclic amines) is 1. The van der Waals surface area contributed by atoms with Gasteiger partial charge < -0.3 is 9.64 Å². The van der Waals surface area contributed by atoms with Gasteiger partial charge in [0.15, 0.2) is 0 Å². The van der Waals surface area contributed by atoms with Crippen molar-refractivity contribution in [1.82, 2.24) is 19.4 Å². The fourth-order valence-electron chi connectivity index (χ4n) is 3.40. The highest BCUT2D eigenvalue weighted by atomic mass is 16.5. The van der Waals surface area contributed by atoms with Gasteiger partial charge in [-0.2, -0.15) is 0 Å². The van der Waals surface area contributed by atoms with Crippen LogP contribution in [0.25, 0.3) is 10.9 Å². The molecule has 0 radical (unpaired) electrons. The Morgan fingerprint density at radius 3 is 2.68 bits per heavy atom. The second kappa shape index (κ2) is 7.80. The Hall–Kier alpha value is -3.22. The molecular formula is C21H22N4O3. The number of benzene rings is 1. The fraction of sp³-hybridized carbons (Fsp3) is 0.333. The van der Waals surface area contributed by atoms with Gasteiger partial charge >= 0.3 is 0 Å². The van der Waals surface area contributed by atoms with E-state index in [2.05, 4.69) is 9.97 Å². The highest BCUT2D eigenvalue weighted by Gasteiger charge is 2.24. The number of hydrogen-bond acceptors (Lipinski definition) is 5. The van der Waals surface area contributed by atoms with E-state index in [1.54, 1.807) is 29.3 Å². The van der Waals surface area contributed by atoms with Crippen LogP contribution in [0.4, 0.5) is 0 Å². The number of aryl methyl sites for hydroxylation is 1. The Bertz CT molecular complexity index is 1040. The summed E-state index contributed by atoms with van der Waals surface area (Å²) in [6, 6.07) is 11.0. The van der Waals surface area contributed by atoms with Crippen molar-refractivity contribution in [3.63, 3.8) is 0 Å². The van der Waals surface area contributed by atoms with Crippen LogP contribution in [0.15, 0.2) is 53.7 Å². The zero-order chi connectivity index (χ0) is 19.5. The minimum atomic E-state index is -0.191. The maximum Gasteiger partial charge on any atom is 0.261 e. The molecule has 0 unspecified atom stereocenters. The van der Waals surface area contributed by atoms with Crippen molar-refractivity contribution in [2.24, 2.45) is 0 Å². The van der Waals surface area contributed by atoms with Gasteiger partial charge in [0.2, 0.25) is 5.91 Å². The van der Waals surface area contributed by atoms with Gasteiger partial charge in [-0.15, -0.1) is 0 Å². The number of piperidine rings is 1. The lowest BCUT2D eigenvalue weighted by Crippen LogP contribution is -2.44. The Morgan fingerprint density at radius 1 is 1.14 bits per heavy atom. The first kappa shape index (κ1) is 18.2. The second-order valence-electron chi connectivity index (χ2n) is 7.03. The van der Waals surface area contributed by atoms with Crippen molar-refractivity contribution in [1.29, 1.82) is 0 Å². The third-order valence-electron chi connectivity index (χ3n) is 5.02. The first-order chi connectivity index (χ1) is 13.6. The summed E-state index contributed by atoms with van der Waals surface area (Å²) in [7, 11) is 0. The molecule has 3 heterocycles. The predicted molar refractivity (Wildman–Crippen MR) is 105 cm³/mol. The molecule has 0 atom stereocenters. The molecule has 4 rings (SSSR count). The number of nitrogens with zero attached hydrogens (tertiary/aromatic N) is 4. The van der Waals surface area contributed by atoms with Gasteiger partial charge in [0.25, 0.3) is 5.56 Å². The lowest BCUT2D eigenvalue weighted by atomic mass is 10.1. The molecule has 28 heavy (non-hydrogen) atoms. The number of rotatable bonds is 4. The van der Waals surface area contributed by atoms with E-state index in [0.717, 1.165) is 24.3 Å². The molecule has 7 nitrogen and oxygen atoms in total. The fourth-order valence-corrected chi connectivity index (χ4v) is 3.40. The van der Waals surface area contributed by atoms with Crippen molar-refractivity contribution < 1.29 is 9.53 Å². The first-order valence-corrected chi connectivity index (χ1v) is 9.41. The summed E-state index contributed by atoms with van der Waals surface area (Å²) in [5.74, 6) is 0.679. The molecule has 144 valence electrons. The number of ether oxygens (including phenoxy) is 1. The molecule has 0 saturated carbocycles. The average molecular weight is 378 g/mol. The van der Waals surface area contributed by atoms with E-state index in [9.17, 15) is 9.59 Å². The van der Waals surface area contributed by atoms with Crippen molar-refractivity contribution >= 4 is 16.8 Å². The van der Waals surface area contributed by atoms with Crippen molar-refractivity contribution in [2.75, 3.05) is 13.1 Å². The number of para-hydroxylation sites is 1. The third kappa shape index (κ3) is 3.88. The molecule has 1 aliphatic rings. The Morgan fingerprint density at radius 2 is 1.93 bits per heavy atom. The summed E-state index contributed by atoms with van der Waals surface area (Å²) in [6.45, 7) is 3.16. The number of amides is 1. The normalized spacial score (nSPS) is 15.0. The van der Waals surface area contributed by atoms with Crippen LogP contribution in [0, 0.1) is 6.92 Å². The summed E-state index contributed by atoms with van der Waals surface area (Å²) in [5, 5.41) is 0.525. The van der Waals surface area contributed by atoms with Crippen molar-refractivity contribution in [2.45, 2.75) is 32.4 Å². The number of aromatic nitrogens is 3. The molecule has 1 fully saturated rings. The lowest BCUT2D eigenvalue weighted by Gasteiger charge is -2.32. The Labute approximate surface area is 162 Å². The van der Waals surface area contributed by atoms with Gasteiger partial charge in [-0.25, -0.2) is 4.98 Å². The highest BCUT2D eigenvalue weighted by molar-refractivity contribution is 5.79. The lowest BCUT2D eigenvalue weighted by molar-refractivity contribution is -0.133. The monoisotopic (exact) mass is 378 g/mol. The third-order valence-corrected chi connectivity index (χ3v) is 5.02. The molecule has 0 bridgehead atoms. The summed E-state index contributed by atoms with van der Waals surface area (Å²) >= 11 is 0. The number of pyridine rings is 1. The topological polar surface area (TPSA) is 77.3 Å². The van der Waals surface area contributed by atoms with Crippen LogP contribution in [0.3, 0.4) is 0 Å². The standard InChI is InChI=1S/C21H22N4O3/c1-15-6-7-17(12-22-15)28-16-8-10-24(11-9-16)20(26)13-25-14-23-19-5-3-2-4-18(19)21(25)27/h2-7,12,14,16H,8-11,13H2,1H3. The van der Waals surface area contributed by atoms with Gasteiger partial charge in [0, 0.05) is 31.6 Å². The van der Waals surface area contributed by atoms with E-state index < -0.39 is 0 Å². The van der Waals surface area contributed by atoms with Crippen molar-refractivity contribution in [3.8, 4) is 5.75 Å². The van der Waals surface area contributed by atoms with Crippen LogP contribution in [0.1, 0.15) is 18.5 Å². The molecule has 1 aromatic carbocycles. The number of carbonyl (C=O) groups is 1.